The molecule has 0 atom stereocenters. The summed E-state index contributed by atoms with van der Waals surface area (Å²) in [7, 11) is 0. The van der Waals surface area contributed by atoms with E-state index in [9.17, 15) is 0 Å². The predicted octanol–water partition coefficient (Wildman–Crippen LogP) is 8.96. The molecule has 0 radical (unpaired) electrons. The van der Waals surface area contributed by atoms with E-state index in [2.05, 4.69) is 76.2 Å². The average Bonchev–Trinajstić information content (AvgIpc) is 3.19. The zero-order valence-electron chi connectivity index (χ0n) is 20.4. The zero-order chi connectivity index (χ0) is 23.5. The van der Waals surface area contributed by atoms with E-state index in [-0.39, 0.29) is 0 Å². The number of aliphatic imine (C=N–C) groups is 2. The van der Waals surface area contributed by atoms with Crippen LogP contribution in [0.2, 0.25) is 0 Å². The molecule has 4 aromatic rings. The molecule has 1 aromatic heterocycles. The first-order valence-electron chi connectivity index (χ1n) is 11.7. The summed E-state index contributed by atoms with van der Waals surface area (Å²) >= 11 is 0. The van der Waals surface area contributed by atoms with Crippen molar-refractivity contribution in [2.45, 2.75) is 53.4 Å². The number of benzene rings is 3. The van der Waals surface area contributed by atoms with Gasteiger partial charge in [-0.05, 0) is 48.9 Å². The Morgan fingerprint density at radius 1 is 0.576 bits per heavy atom. The molecule has 3 nitrogen and oxygen atoms in total. The first-order chi connectivity index (χ1) is 15.9. The third-order valence-corrected chi connectivity index (χ3v) is 5.97. The van der Waals surface area contributed by atoms with Crippen LogP contribution in [0.15, 0.2) is 87.2 Å². The number of hydrogen-bond acceptors (Lipinski definition) is 3. The van der Waals surface area contributed by atoms with Gasteiger partial charge in [0.15, 0.2) is 11.5 Å². The van der Waals surface area contributed by atoms with Gasteiger partial charge in [0.1, 0.15) is 0 Å². The van der Waals surface area contributed by atoms with Crippen LogP contribution in [0.4, 0.5) is 11.4 Å². The van der Waals surface area contributed by atoms with E-state index in [1.807, 2.05) is 38.1 Å². The normalized spacial score (nSPS) is 12.8. The third-order valence-electron chi connectivity index (χ3n) is 5.97. The van der Waals surface area contributed by atoms with Crippen LogP contribution < -0.4 is 0 Å². The molecule has 3 aromatic carbocycles. The molecular weight excluding hydrogens is 404 g/mol. The van der Waals surface area contributed by atoms with Crippen LogP contribution in [0.5, 0.6) is 0 Å². The number of rotatable bonds is 6. The second-order valence-corrected chi connectivity index (χ2v) is 9.13. The first kappa shape index (κ1) is 22.7. The molecule has 0 amide bonds. The van der Waals surface area contributed by atoms with Gasteiger partial charge in [0, 0.05) is 10.8 Å². The van der Waals surface area contributed by atoms with Crippen molar-refractivity contribution < 1.29 is 4.42 Å². The Morgan fingerprint density at radius 3 is 1.33 bits per heavy atom. The maximum absolute atomic E-state index is 6.47. The number of fused-ring (bicyclic) bond motifs is 1. The van der Waals surface area contributed by atoms with Crippen molar-refractivity contribution in [3.63, 3.8) is 0 Å². The number of para-hydroxylation sites is 2. The maximum atomic E-state index is 6.47. The molecule has 3 heteroatoms. The van der Waals surface area contributed by atoms with Gasteiger partial charge in [-0.1, -0.05) is 88.4 Å². The molecule has 0 aliphatic heterocycles. The van der Waals surface area contributed by atoms with Crippen LogP contribution in [0.25, 0.3) is 10.8 Å². The summed E-state index contributed by atoms with van der Waals surface area (Å²) in [6.45, 7) is 12.8. The van der Waals surface area contributed by atoms with E-state index in [0.29, 0.717) is 11.8 Å². The molecule has 0 saturated heterocycles. The second-order valence-electron chi connectivity index (χ2n) is 9.13. The van der Waals surface area contributed by atoms with Crippen molar-refractivity contribution in [2.75, 3.05) is 0 Å². The molecule has 168 valence electrons. The van der Waals surface area contributed by atoms with Crippen molar-refractivity contribution in [2.24, 2.45) is 9.98 Å². The quantitative estimate of drug-likeness (QED) is 0.278. The summed E-state index contributed by atoms with van der Waals surface area (Å²) in [5, 5.41) is 2.12. The molecule has 0 saturated carbocycles. The number of hydrogen-bond donors (Lipinski definition) is 0. The summed E-state index contributed by atoms with van der Waals surface area (Å²) in [5.41, 5.74) is 6.17. The Morgan fingerprint density at radius 2 is 0.939 bits per heavy atom. The monoisotopic (exact) mass is 436 g/mol. The van der Waals surface area contributed by atoms with Gasteiger partial charge in [0.05, 0.1) is 22.8 Å². The van der Waals surface area contributed by atoms with E-state index in [4.69, 9.17) is 14.4 Å². The van der Waals surface area contributed by atoms with Gasteiger partial charge in [-0.3, -0.25) is 0 Å². The molecule has 0 aliphatic rings. The molecule has 0 N–H and O–H groups in total. The van der Waals surface area contributed by atoms with Crippen molar-refractivity contribution in [3.05, 3.63) is 95.4 Å². The molecule has 0 aliphatic carbocycles. The van der Waals surface area contributed by atoms with E-state index in [0.717, 1.165) is 45.1 Å². The molecule has 0 unspecified atom stereocenters. The minimum Gasteiger partial charge on any atom is -0.452 e. The fraction of sp³-hybridized carbons (Fsp3) is 0.267. The average molecular weight is 437 g/mol. The van der Waals surface area contributed by atoms with E-state index in [1.54, 1.807) is 0 Å². The van der Waals surface area contributed by atoms with Gasteiger partial charge < -0.3 is 4.42 Å². The highest BCUT2D eigenvalue weighted by atomic mass is 16.3. The van der Waals surface area contributed by atoms with Crippen LogP contribution >= 0.6 is 0 Å². The molecular formula is C30H32N2O. The Kier molecular flexibility index (Phi) is 6.60. The molecule has 4 rings (SSSR count). The van der Waals surface area contributed by atoms with Gasteiger partial charge in [0.2, 0.25) is 0 Å². The van der Waals surface area contributed by atoms with Crippen LogP contribution in [0.1, 0.15) is 76.0 Å². The lowest BCUT2D eigenvalue weighted by atomic mass is 10.0. The van der Waals surface area contributed by atoms with Gasteiger partial charge in [0.25, 0.3) is 0 Å². The highest BCUT2D eigenvalue weighted by molar-refractivity contribution is 6.15. The maximum Gasteiger partial charge on any atom is 0.156 e. The summed E-state index contributed by atoms with van der Waals surface area (Å²) in [6.07, 6.45) is 0. The Balaban J connectivity index is 1.83. The SMILES string of the molecule is C/C(=N\c1ccccc1C(C)C)c1oc(/C(C)=N/c2ccccc2C(C)C)c2ccccc12. The summed E-state index contributed by atoms with van der Waals surface area (Å²) in [6, 6.07) is 24.9. The van der Waals surface area contributed by atoms with Crippen LogP contribution in [0.3, 0.4) is 0 Å². The molecule has 0 spiro atoms. The van der Waals surface area contributed by atoms with Crippen LogP contribution in [-0.2, 0) is 0 Å². The van der Waals surface area contributed by atoms with Crippen LogP contribution in [0, 0.1) is 0 Å². The van der Waals surface area contributed by atoms with Gasteiger partial charge >= 0.3 is 0 Å². The summed E-state index contributed by atoms with van der Waals surface area (Å²) in [5.74, 6) is 2.39. The molecule has 1 heterocycles. The van der Waals surface area contributed by atoms with Crippen molar-refractivity contribution in [1.82, 2.24) is 0 Å². The topological polar surface area (TPSA) is 37.9 Å². The lowest BCUT2D eigenvalue weighted by Crippen LogP contribution is -1.96. The van der Waals surface area contributed by atoms with Crippen molar-refractivity contribution >= 4 is 33.6 Å². The van der Waals surface area contributed by atoms with E-state index in [1.165, 1.54) is 11.1 Å². The number of furan rings is 1. The van der Waals surface area contributed by atoms with E-state index >= 15 is 0 Å². The standard InChI is InChI=1S/C30H32N2O/c1-19(2)23-13-9-11-17-27(23)31-21(5)29-25-15-7-8-16-26(25)30(33-29)22(6)32-28-18-12-10-14-24(28)20(3)4/h7-20H,1-6H3/b31-21+,32-22+. The smallest absolute Gasteiger partial charge is 0.156 e. The van der Waals surface area contributed by atoms with Crippen molar-refractivity contribution in [3.8, 4) is 0 Å². The van der Waals surface area contributed by atoms with E-state index < -0.39 is 0 Å². The highest BCUT2D eigenvalue weighted by Crippen LogP contribution is 2.32. The largest absolute Gasteiger partial charge is 0.452 e. The fourth-order valence-electron chi connectivity index (χ4n) is 4.25. The predicted molar refractivity (Wildman–Crippen MR) is 141 cm³/mol. The van der Waals surface area contributed by atoms with Crippen molar-refractivity contribution in [1.29, 1.82) is 0 Å². The molecule has 33 heavy (non-hydrogen) atoms. The van der Waals surface area contributed by atoms with Gasteiger partial charge in [-0.15, -0.1) is 0 Å². The zero-order valence-corrected chi connectivity index (χ0v) is 20.4. The summed E-state index contributed by atoms with van der Waals surface area (Å²) in [4.78, 5) is 9.96. The Hall–Kier alpha value is -3.46. The Bertz CT molecular complexity index is 1240. The Labute approximate surface area is 196 Å². The molecule has 0 bridgehead atoms. The third kappa shape index (κ3) is 4.68. The molecule has 0 fully saturated rings. The minimum absolute atomic E-state index is 0.400. The number of nitrogens with zero attached hydrogens (tertiary/aromatic N) is 2. The van der Waals surface area contributed by atoms with Gasteiger partial charge in [-0.2, -0.15) is 0 Å². The summed E-state index contributed by atoms with van der Waals surface area (Å²) < 4.78 is 6.47. The lowest BCUT2D eigenvalue weighted by Gasteiger charge is -2.10. The van der Waals surface area contributed by atoms with Gasteiger partial charge in [-0.25, -0.2) is 9.98 Å². The second kappa shape index (κ2) is 9.58. The van der Waals surface area contributed by atoms with Crippen LogP contribution in [-0.4, -0.2) is 11.4 Å². The first-order valence-corrected chi connectivity index (χ1v) is 11.7. The minimum atomic E-state index is 0.400. The fourth-order valence-corrected chi connectivity index (χ4v) is 4.25. The lowest BCUT2D eigenvalue weighted by molar-refractivity contribution is 0.553. The highest BCUT2D eigenvalue weighted by Gasteiger charge is 2.18.